The minimum atomic E-state index is -1.08. The number of carbonyl (C=O) groups excluding carboxylic acids is 4. The molecule has 0 aliphatic rings. The van der Waals surface area contributed by atoms with Crippen molar-refractivity contribution < 1.29 is 108 Å². The number of hydrogen-bond donors (Lipinski definition) is 0. The molecule has 0 bridgehead atoms. The summed E-state index contributed by atoms with van der Waals surface area (Å²) < 4.78 is 0. The molecule has 102 valence electrons. The first-order valence-electron chi connectivity index (χ1n) is 3.63. The maximum Gasteiger partial charge on any atom is 3.00 e. The van der Waals surface area contributed by atoms with Gasteiger partial charge < -0.3 is 39.6 Å². The summed E-state index contributed by atoms with van der Waals surface area (Å²) in [5, 5.41) is 35.6. The molecule has 0 atom stereocenters. The molecule has 8 nitrogen and oxygen atoms in total. The average molecular weight is 418 g/mol. The molecule has 0 aliphatic heterocycles. The van der Waals surface area contributed by atoms with Crippen molar-refractivity contribution in [3.8, 4) is 0 Å². The van der Waals surface area contributed by atoms with Crippen LogP contribution >= 0.6 is 0 Å². The maximum absolute atomic E-state index is 8.89. The van der Waals surface area contributed by atoms with Crippen molar-refractivity contribution in [2.24, 2.45) is 0 Å². The molecule has 0 heterocycles. The number of carbonyl (C=O) groups is 4. The molecule has 0 aliphatic carbocycles. The third-order valence-electron chi connectivity index (χ3n) is 0. The Kier molecular flexibility index (Phi) is 60.9. The van der Waals surface area contributed by atoms with E-state index in [4.69, 9.17) is 39.6 Å². The summed E-state index contributed by atoms with van der Waals surface area (Å²) in [6, 6.07) is 0. The third-order valence-corrected chi connectivity index (χ3v) is 0. The second-order valence-electron chi connectivity index (χ2n) is 1.97. The summed E-state index contributed by atoms with van der Waals surface area (Å²) in [7, 11) is 0. The fraction of sp³-hybridized carbons (Fsp3) is 0.500. The molecule has 0 rings (SSSR count). The van der Waals surface area contributed by atoms with Gasteiger partial charge in [-0.05, 0) is 27.7 Å². The van der Waals surface area contributed by atoms with Crippen LogP contribution in [-0.2, 0) is 19.2 Å². The van der Waals surface area contributed by atoms with Gasteiger partial charge in [0.2, 0.25) is 0 Å². The quantitative estimate of drug-likeness (QED) is 0.351. The summed E-state index contributed by atoms with van der Waals surface area (Å²) in [5.74, 6) is -4.33. The Morgan fingerprint density at radius 1 is 0.556 bits per heavy atom. The molecule has 0 unspecified atom stereocenters. The normalized spacial score (nSPS) is 5.56. The van der Waals surface area contributed by atoms with Gasteiger partial charge in [-0.1, -0.05) is 0 Å². The van der Waals surface area contributed by atoms with Crippen molar-refractivity contribution in [3.05, 3.63) is 0 Å². The van der Waals surface area contributed by atoms with Gasteiger partial charge in [-0.2, -0.15) is 0 Å². The monoisotopic (exact) mass is 418 g/mol. The topological polar surface area (TPSA) is 161 Å². The van der Waals surface area contributed by atoms with E-state index in [0.29, 0.717) is 0 Å². The maximum atomic E-state index is 8.89. The predicted molar refractivity (Wildman–Crippen MR) is 42.7 cm³/mol. The summed E-state index contributed by atoms with van der Waals surface area (Å²) >= 11 is 0. The van der Waals surface area contributed by atoms with Crippen LogP contribution in [0.4, 0.5) is 0 Å². The van der Waals surface area contributed by atoms with Gasteiger partial charge in [-0.3, -0.25) is 0 Å². The Balaban J connectivity index is -0.0000000257. The van der Waals surface area contributed by atoms with Gasteiger partial charge in [0.25, 0.3) is 0 Å². The first kappa shape index (κ1) is 36.2. The van der Waals surface area contributed by atoms with Gasteiger partial charge in [0, 0.05) is 23.9 Å². The minimum Gasteiger partial charge on any atom is -0.550 e. The summed E-state index contributed by atoms with van der Waals surface area (Å²) in [5.41, 5.74) is 0. The Bertz CT molecular complexity index is 167. The molecule has 0 aromatic carbocycles. The fourth-order valence-corrected chi connectivity index (χ4v) is 0. The van der Waals surface area contributed by atoms with Crippen LogP contribution < -0.4 is 50.0 Å². The molecule has 10 heteroatoms. The molecule has 0 amide bonds. The first-order chi connectivity index (χ1) is 6.93. The van der Waals surface area contributed by atoms with E-state index in [1.807, 2.05) is 0 Å². The number of rotatable bonds is 0. The molecule has 0 aromatic heterocycles. The SMILES string of the molecule is CC(=O)[O-].CC(=O)[O-].CC(=O)[O-].CC(=O)[O-].[Na+].[Tb+3]. The van der Waals surface area contributed by atoms with E-state index in [2.05, 4.69) is 0 Å². The largest absolute Gasteiger partial charge is 3.00 e. The van der Waals surface area contributed by atoms with Gasteiger partial charge in [-0.15, -0.1) is 0 Å². The second-order valence-corrected chi connectivity index (χ2v) is 1.97. The molecule has 0 fully saturated rings. The van der Waals surface area contributed by atoms with E-state index in [0.717, 1.165) is 27.7 Å². The van der Waals surface area contributed by atoms with Crippen LogP contribution in [0.2, 0.25) is 0 Å². The van der Waals surface area contributed by atoms with Crippen LogP contribution in [0.5, 0.6) is 0 Å². The smallest absolute Gasteiger partial charge is 0.550 e. The number of aliphatic carboxylic acids is 4. The van der Waals surface area contributed by atoms with Crippen molar-refractivity contribution in [2.75, 3.05) is 0 Å². The Hall–Kier alpha value is 0.166. The zero-order valence-corrected chi connectivity index (χ0v) is 14.7. The van der Waals surface area contributed by atoms with Crippen molar-refractivity contribution in [1.29, 1.82) is 0 Å². The molecular formula is C8H12NaO8Tb. The van der Waals surface area contributed by atoms with Gasteiger partial charge in [0.15, 0.2) is 0 Å². The number of carboxylic acids is 4. The molecule has 18 heavy (non-hydrogen) atoms. The summed E-state index contributed by atoms with van der Waals surface area (Å²) in [6.45, 7) is 3.89. The van der Waals surface area contributed by atoms with Gasteiger partial charge in [0.1, 0.15) is 0 Å². The zero-order chi connectivity index (χ0) is 14.3. The Morgan fingerprint density at radius 3 is 0.556 bits per heavy atom. The van der Waals surface area contributed by atoms with Crippen LogP contribution in [0.25, 0.3) is 0 Å². The van der Waals surface area contributed by atoms with Crippen molar-refractivity contribution in [3.63, 3.8) is 0 Å². The van der Waals surface area contributed by atoms with E-state index in [1.54, 1.807) is 0 Å². The van der Waals surface area contributed by atoms with Gasteiger partial charge >= 0.3 is 68.2 Å². The van der Waals surface area contributed by atoms with Crippen molar-refractivity contribution >= 4 is 23.9 Å². The molecular weight excluding hydrogens is 406 g/mol. The third kappa shape index (κ3) is 135000. The standard InChI is InChI=1S/4C2H4O2.Na.Tb/c4*1-2(3)4;;/h4*1H3,(H,3,4);;/q;;;;+1;+3/p-4. The van der Waals surface area contributed by atoms with Crippen LogP contribution in [-0.4, -0.2) is 23.9 Å². The molecule has 0 spiro atoms. The zero-order valence-electron chi connectivity index (χ0n) is 10.6. The predicted octanol–water partition coefficient (Wildman–Crippen LogP) is -7.97. The first-order valence-corrected chi connectivity index (χ1v) is 3.63. The van der Waals surface area contributed by atoms with E-state index >= 15 is 0 Å². The molecule has 0 saturated carbocycles. The molecule has 0 aromatic rings. The Labute approximate surface area is 157 Å². The minimum absolute atomic E-state index is 0. The number of hydrogen-bond acceptors (Lipinski definition) is 8. The van der Waals surface area contributed by atoms with Crippen LogP contribution in [0.1, 0.15) is 27.7 Å². The fourth-order valence-electron chi connectivity index (χ4n) is 0. The molecule has 0 saturated heterocycles. The van der Waals surface area contributed by atoms with Crippen molar-refractivity contribution in [2.45, 2.75) is 27.7 Å². The Morgan fingerprint density at radius 2 is 0.556 bits per heavy atom. The van der Waals surface area contributed by atoms with Crippen molar-refractivity contribution in [1.82, 2.24) is 0 Å². The van der Waals surface area contributed by atoms with E-state index in [-0.39, 0.29) is 68.2 Å². The average Bonchev–Trinajstić information content (AvgIpc) is 1.76. The van der Waals surface area contributed by atoms with E-state index in [9.17, 15) is 0 Å². The second kappa shape index (κ2) is 30.3. The molecule has 0 radical (unpaired) electrons. The van der Waals surface area contributed by atoms with Gasteiger partial charge in [-0.25, -0.2) is 0 Å². The van der Waals surface area contributed by atoms with Crippen LogP contribution in [0.15, 0.2) is 0 Å². The van der Waals surface area contributed by atoms with E-state index < -0.39 is 23.9 Å². The van der Waals surface area contributed by atoms with Gasteiger partial charge in [0.05, 0.1) is 0 Å². The van der Waals surface area contributed by atoms with Crippen LogP contribution in [0, 0.1) is 38.6 Å². The number of carboxylic acid groups (broad SMARTS) is 4. The molecule has 0 N–H and O–H groups in total. The van der Waals surface area contributed by atoms with Crippen LogP contribution in [0.3, 0.4) is 0 Å². The summed E-state index contributed by atoms with van der Waals surface area (Å²) in [4.78, 5) is 35.6. The summed E-state index contributed by atoms with van der Waals surface area (Å²) in [6.07, 6.45) is 0. The van der Waals surface area contributed by atoms with E-state index in [1.165, 1.54) is 0 Å².